The molecule has 114 valence electrons. The number of nitrogens with one attached hydrogen (secondary N) is 2. The van der Waals surface area contributed by atoms with Gasteiger partial charge in [0.25, 0.3) is 0 Å². The summed E-state index contributed by atoms with van der Waals surface area (Å²) >= 11 is 7.25. The quantitative estimate of drug-likeness (QED) is 0.383. The molecule has 1 heterocycles. The lowest BCUT2D eigenvalue weighted by Crippen LogP contribution is -2.46. The first-order chi connectivity index (χ1) is 9.19. The SMILES string of the molecule is CCNC(=NCC(O)c1ccc(Cl)s1)NC1CCC1.I. The maximum absolute atomic E-state index is 10.0. The molecule has 7 heteroatoms. The van der Waals surface area contributed by atoms with Gasteiger partial charge in [0.15, 0.2) is 5.96 Å². The number of thiophene rings is 1. The predicted molar refractivity (Wildman–Crippen MR) is 96.5 cm³/mol. The summed E-state index contributed by atoms with van der Waals surface area (Å²) in [6, 6.07) is 4.18. The summed E-state index contributed by atoms with van der Waals surface area (Å²) in [6.07, 6.45) is 3.10. The molecular weight excluding hydrogens is 409 g/mol. The van der Waals surface area contributed by atoms with Crippen molar-refractivity contribution in [1.82, 2.24) is 10.6 Å². The van der Waals surface area contributed by atoms with Gasteiger partial charge in [-0.1, -0.05) is 11.6 Å². The van der Waals surface area contributed by atoms with Crippen molar-refractivity contribution in [3.05, 3.63) is 21.3 Å². The summed E-state index contributed by atoms with van der Waals surface area (Å²) in [5.41, 5.74) is 0. The van der Waals surface area contributed by atoms with Crippen LogP contribution in [-0.2, 0) is 0 Å². The van der Waals surface area contributed by atoms with Crippen molar-refractivity contribution in [3.8, 4) is 0 Å². The second-order valence-electron chi connectivity index (χ2n) is 4.65. The molecule has 0 aromatic carbocycles. The zero-order valence-electron chi connectivity index (χ0n) is 11.4. The molecule has 0 spiro atoms. The smallest absolute Gasteiger partial charge is 0.191 e. The zero-order valence-corrected chi connectivity index (χ0v) is 15.3. The van der Waals surface area contributed by atoms with Crippen LogP contribution in [0.5, 0.6) is 0 Å². The van der Waals surface area contributed by atoms with Crippen LogP contribution in [0.15, 0.2) is 17.1 Å². The first-order valence-corrected chi connectivity index (χ1v) is 7.86. The van der Waals surface area contributed by atoms with Crippen LogP contribution in [0.25, 0.3) is 0 Å². The van der Waals surface area contributed by atoms with Crippen molar-refractivity contribution in [2.75, 3.05) is 13.1 Å². The average molecular weight is 430 g/mol. The molecule has 0 aliphatic heterocycles. The van der Waals surface area contributed by atoms with Gasteiger partial charge in [-0.25, -0.2) is 0 Å². The number of guanidine groups is 1. The molecule has 0 saturated heterocycles. The zero-order chi connectivity index (χ0) is 13.7. The van der Waals surface area contributed by atoms with Gasteiger partial charge in [0.1, 0.15) is 6.10 Å². The summed E-state index contributed by atoms with van der Waals surface area (Å²) < 4.78 is 0.692. The first-order valence-electron chi connectivity index (χ1n) is 6.67. The Bertz CT molecular complexity index is 437. The van der Waals surface area contributed by atoms with Crippen LogP contribution in [0.2, 0.25) is 4.34 Å². The van der Waals surface area contributed by atoms with Gasteiger partial charge in [-0.3, -0.25) is 4.99 Å². The molecule has 1 aliphatic rings. The van der Waals surface area contributed by atoms with E-state index >= 15 is 0 Å². The molecule has 1 saturated carbocycles. The Hall–Kier alpha value is -0.0500. The second kappa shape index (κ2) is 9.07. The first kappa shape index (κ1) is 18.0. The van der Waals surface area contributed by atoms with E-state index in [4.69, 9.17) is 11.6 Å². The van der Waals surface area contributed by atoms with Crippen LogP contribution >= 0.6 is 46.9 Å². The number of hydrogen-bond donors (Lipinski definition) is 3. The Kier molecular flexibility index (Phi) is 8.16. The van der Waals surface area contributed by atoms with Crippen LogP contribution in [0.3, 0.4) is 0 Å². The van der Waals surface area contributed by atoms with E-state index in [0.29, 0.717) is 16.9 Å². The Morgan fingerprint density at radius 1 is 1.55 bits per heavy atom. The molecule has 4 nitrogen and oxygen atoms in total. The summed E-state index contributed by atoms with van der Waals surface area (Å²) in [7, 11) is 0. The lowest BCUT2D eigenvalue weighted by atomic mass is 9.93. The number of hydrogen-bond acceptors (Lipinski definition) is 3. The Morgan fingerprint density at radius 3 is 2.80 bits per heavy atom. The molecule has 0 amide bonds. The normalized spacial score (nSPS) is 17.1. The Balaban J connectivity index is 0.00000200. The van der Waals surface area contributed by atoms with Crippen LogP contribution in [0.1, 0.15) is 37.2 Å². The maximum atomic E-state index is 10.0. The molecule has 3 N–H and O–H groups in total. The second-order valence-corrected chi connectivity index (χ2v) is 6.40. The minimum absolute atomic E-state index is 0. The van der Waals surface area contributed by atoms with Crippen LogP contribution in [0, 0.1) is 0 Å². The van der Waals surface area contributed by atoms with Crippen LogP contribution in [0.4, 0.5) is 0 Å². The van der Waals surface area contributed by atoms with E-state index in [0.717, 1.165) is 17.4 Å². The maximum Gasteiger partial charge on any atom is 0.191 e. The highest BCUT2D eigenvalue weighted by molar-refractivity contribution is 14.0. The van der Waals surface area contributed by atoms with Gasteiger partial charge in [0.2, 0.25) is 0 Å². The van der Waals surface area contributed by atoms with Crippen molar-refractivity contribution < 1.29 is 5.11 Å². The molecule has 0 bridgehead atoms. The van der Waals surface area contributed by atoms with Gasteiger partial charge in [-0.05, 0) is 38.3 Å². The highest BCUT2D eigenvalue weighted by atomic mass is 127. The minimum Gasteiger partial charge on any atom is -0.386 e. The average Bonchev–Trinajstić information content (AvgIpc) is 2.77. The van der Waals surface area contributed by atoms with Crippen molar-refractivity contribution in [3.63, 3.8) is 0 Å². The van der Waals surface area contributed by atoms with E-state index in [-0.39, 0.29) is 24.0 Å². The standard InChI is InChI=1S/C13H20ClN3OS.HI/c1-2-15-13(17-9-4-3-5-9)16-8-10(18)11-6-7-12(14)19-11;/h6-7,9-10,18H,2-5,8H2,1H3,(H2,15,16,17);1H. The summed E-state index contributed by atoms with van der Waals surface area (Å²) in [4.78, 5) is 5.28. The highest BCUT2D eigenvalue weighted by Crippen LogP contribution is 2.27. The molecule has 1 aromatic rings. The van der Waals surface area contributed by atoms with E-state index in [1.807, 2.05) is 13.0 Å². The fraction of sp³-hybridized carbons (Fsp3) is 0.615. The third kappa shape index (κ3) is 5.38. The molecule has 2 rings (SSSR count). The third-order valence-electron chi connectivity index (χ3n) is 3.13. The van der Waals surface area contributed by atoms with E-state index in [9.17, 15) is 5.11 Å². The lowest BCUT2D eigenvalue weighted by molar-refractivity contribution is 0.191. The molecular formula is C13H21ClIN3OS. The van der Waals surface area contributed by atoms with E-state index < -0.39 is 6.10 Å². The van der Waals surface area contributed by atoms with Gasteiger partial charge in [0, 0.05) is 17.5 Å². The van der Waals surface area contributed by atoms with Gasteiger partial charge in [-0.2, -0.15) is 0 Å². The topological polar surface area (TPSA) is 56.7 Å². The molecule has 1 aromatic heterocycles. The molecule has 1 unspecified atom stereocenters. The summed E-state index contributed by atoms with van der Waals surface area (Å²) in [5.74, 6) is 0.786. The fourth-order valence-electron chi connectivity index (χ4n) is 1.84. The molecule has 20 heavy (non-hydrogen) atoms. The van der Waals surface area contributed by atoms with Crippen LogP contribution < -0.4 is 10.6 Å². The molecule has 1 fully saturated rings. The van der Waals surface area contributed by atoms with Gasteiger partial charge < -0.3 is 15.7 Å². The van der Waals surface area contributed by atoms with Crippen molar-refractivity contribution >= 4 is 52.9 Å². The molecule has 1 aliphatic carbocycles. The van der Waals surface area contributed by atoms with E-state index in [1.165, 1.54) is 30.6 Å². The largest absolute Gasteiger partial charge is 0.386 e. The van der Waals surface area contributed by atoms with Crippen molar-refractivity contribution in [2.45, 2.75) is 38.3 Å². The molecule has 1 atom stereocenters. The monoisotopic (exact) mass is 429 g/mol. The number of aliphatic hydroxyl groups excluding tert-OH is 1. The minimum atomic E-state index is -0.589. The van der Waals surface area contributed by atoms with Gasteiger partial charge in [0.05, 0.1) is 10.9 Å². The van der Waals surface area contributed by atoms with Crippen molar-refractivity contribution in [2.24, 2.45) is 4.99 Å². The number of aliphatic hydroxyl groups is 1. The third-order valence-corrected chi connectivity index (χ3v) is 4.47. The predicted octanol–water partition coefficient (Wildman–Crippen LogP) is 3.16. The number of rotatable bonds is 5. The van der Waals surface area contributed by atoms with E-state index in [1.54, 1.807) is 6.07 Å². The van der Waals surface area contributed by atoms with Gasteiger partial charge in [-0.15, -0.1) is 35.3 Å². The molecule has 0 radical (unpaired) electrons. The van der Waals surface area contributed by atoms with E-state index in [2.05, 4.69) is 15.6 Å². The number of nitrogens with zero attached hydrogens (tertiary/aromatic N) is 1. The van der Waals surface area contributed by atoms with Gasteiger partial charge >= 0.3 is 0 Å². The van der Waals surface area contributed by atoms with Crippen molar-refractivity contribution in [1.29, 1.82) is 0 Å². The fourth-order valence-corrected chi connectivity index (χ4v) is 2.88. The number of halogens is 2. The number of aliphatic imine (C=N–C) groups is 1. The Morgan fingerprint density at radius 2 is 2.30 bits per heavy atom. The Labute approximate surface area is 146 Å². The lowest BCUT2D eigenvalue weighted by Gasteiger charge is -2.28. The summed E-state index contributed by atoms with van der Waals surface area (Å²) in [6.45, 7) is 3.20. The highest BCUT2D eigenvalue weighted by Gasteiger charge is 2.18. The summed E-state index contributed by atoms with van der Waals surface area (Å²) in [5, 5.41) is 16.6. The van der Waals surface area contributed by atoms with Crippen LogP contribution in [-0.4, -0.2) is 30.2 Å².